The molecule has 28 heavy (non-hydrogen) atoms. The zero-order valence-electron chi connectivity index (χ0n) is 15.2. The minimum atomic E-state index is -0.957. The van der Waals surface area contributed by atoms with Gasteiger partial charge in [0.2, 0.25) is 0 Å². The lowest BCUT2D eigenvalue weighted by molar-refractivity contribution is -0.139. The number of hydrogen-bond acceptors (Lipinski definition) is 6. The van der Waals surface area contributed by atoms with E-state index in [1.165, 1.54) is 19.5 Å². The molecule has 1 heterocycles. The van der Waals surface area contributed by atoms with Gasteiger partial charge in [0, 0.05) is 23.6 Å². The Morgan fingerprint density at radius 2 is 2.14 bits per heavy atom. The second-order valence-electron chi connectivity index (χ2n) is 6.07. The van der Waals surface area contributed by atoms with Crippen molar-refractivity contribution in [2.45, 2.75) is 19.5 Å². The van der Waals surface area contributed by atoms with Crippen molar-refractivity contribution in [3.8, 4) is 5.75 Å². The summed E-state index contributed by atoms with van der Waals surface area (Å²) < 4.78 is 19.6. The molecule has 7 nitrogen and oxygen atoms in total. The van der Waals surface area contributed by atoms with Gasteiger partial charge in [0.1, 0.15) is 23.9 Å². The molecule has 1 aromatic heterocycles. The number of halogens is 2. The van der Waals surface area contributed by atoms with Crippen molar-refractivity contribution in [1.29, 1.82) is 0 Å². The van der Waals surface area contributed by atoms with E-state index in [9.17, 15) is 9.18 Å². The number of carbonyl (C=O) groups is 1. The molecule has 0 amide bonds. The maximum absolute atomic E-state index is 14.2. The number of fused-ring (bicyclic) bond motifs is 1. The lowest BCUT2D eigenvalue weighted by Gasteiger charge is -2.15. The number of ether oxygens (including phenoxy) is 1. The molecule has 0 aliphatic rings. The van der Waals surface area contributed by atoms with Gasteiger partial charge in [-0.05, 0) is 25.1 Å². The van der Waals surface area contributed by atoms with E-state index in [2.05, 4.69) is 20.6 Å². The van der Waals surface area contributed by atoms with Crippen LogP contribution in [-0.4, -0.2) is 34.2 Å². The van der Waals surface area contributed by atoms with Crippen molar-refractivity contribution >= 4 is 40.0 Å². The molecular weight excluding hydrogens is 387 g/mol. The number of nitrogens with zero attached hydrogens (tertiary/aromatic N) is 2. The molecule has 0 aliphatic carbocycles. The number of aromatic nitrogens is 2. The number of anilines is 2. The van der Waals surface area contributed by atoms with Crippen molar-refractivity contribution < 1.29 is 19.0 Å². The Hall–Kier alpha value is -2.97. The van der Waals surface area contributed by atoms with Crippen LogP contribution in [0.1, 0.15) is 12.5 Å². The zero-order chi connectivity index (χ0) is 20.3. The summed E-state index contributed by atoms with van der Waals surface area (Å²) in [5.41, 5.74) is 1.49. The molecule has 0 bridgehead atoms. The first-order chi connectivity index (χ1) is 13.4. The standard InChI is InChI=1S/C19H18ClFN4O3/c1-10(19(26)27)22-8-11-6-12-15(7-16(11)28-2)23-9-24-18(12)25-14-5-3-4-13(20)17(14)21/h3-7,9-10,22H,8H2,1-2H3,(H,26,27)(H,23,24,25)/t10-/m0/s1. The first kappa shape index (κ1) is 19.8. The third-order valence-electron chi connectivity index (χ3n) is 4.21. The summed E-state index contributed by atoms with van der Waals surface area (Å²) in [7, 11) is 1.52. The van der Waals surface area contributed by atoms with Gasteiger partial charge in [0.05, 0.1) is 23.3 Å². The minimum absolute atomic E-state index is 0.00224. The van der Waals surface area contributed by atoms with Crippen LogP contribution in [0.5, 0.6) is 5.75 Å². The minimum Gasteiger partial charge on any atom is -0.496 e. The predicted molar refractivity (Wildman–Crippen MR) is 105 cm³/mol. The second-order valence-corrected chi connectivity index (χ2v) is 6.48. The molecule has 3 rings (SSSR count). The molecule has 3 N–H and O–H groups in total. The van der Waals surface area contributed by atoms with Crippen LogP contribution in [0.4, 0.5) is 15.9 Å². The molecular formula is C19H18ClFN4O3. The lowest BCUT2D eigenvalue weighted by Crippen LogP contribution is -2.33. The lowest BCUT2D eigenvalue weighted by atomic mass is 10.1. The highest BCUT2D eigenvalue weighted by molar-refractivity contribution is 6.31. The normalized spacial score (nSPS) is 12.0. The zero-order valence-corrected chi connectivity index (χ0v) is 15.9. The molecule has 0 saturated heterocycles. The average molecular weight is 405 g/mol. The van der Waals surface area contributed by atoms with E-state index in [1.54, 1.807) is 31.2 Å². The van der Waals surface area contributed by atoms with E-state index in [-0.39, 0.29) is 17.3 Å². The van der Waals surface area contributed by atoms with Gasteiger partial charge in [-0.25, -0.2) is 14.4 Å². The average Bonchev–Trinajstić information content (AvgIpc) is 2.69. The van der Waals surface area contributed by atoms with Gasteiger partial charge < -0.3 is 20.5 Å². The molecule has 0 spiro atoms. The number of benzene rings is 2. The first-order valence-electron chi connectivity index (χ1n) is 8.39. The summed E-state index contributed by atoms with van der Waals surface area (Å²) in [6.07, 6.45) is 1.36. The van der Waals surface area contributed by atoms with E-state index in [1.807, 2.05) is 0 Å². The molecule has 2 aromatic carbocycles. The Balaban J connectivity index is 2.01. The quantitative estimate of drug-likeness (QED) is 0.552. The highest BCUT2D eigenvalue weighted by Gasteiger charge is 2.15. The molecule has 3 aromatic rings. The Bertz CT molecular complexity index is 1030. The van der Waals surface area contributed by atoms with Crippen LogP contribution in [0.25, 0.3) is 10.9 Å². The van der Waals surface area contributed by atoms with Gasteiger partial charge in [-0.3, -0.25) is 4.79 Å². The second kappa shape index (κ2) is 8.37. The summed E-state index contributed by atoms with van der Waals surface area (Å²) in [5.74, 6) is -0.596. The summed E-state index contributed by atoms with van der Waals surface area (Å²) in [6, 6.07) is 7.40. The van der Waals surface area contributed by atoms with E-state index in [0.717, 1.165) is 0 Å². The fraction of sp³-hybridized carbons (Fsp3) is 0.211. The van der Waals surface area contributed by atoms with Crippen LogP contribution in [-0.2, 0) is 11.3 Å². The Morgan fingerprint density at radius 3 is 2.86 bits per heavy atom. The third-order valence-corrected chi connectivity index (χ3v) is 4.50. The maximum Gasteiger partial charge on any atom is 0.320 e. The summed E-state index contributed by atoms with van der Waals surface area (Å²) in [5, 5.41) is 15.5. The third kappa shape index (κ3) is 4.13. The molecule has 9 heteroatoms. The van der Waals surface area contributed by atoms with Crippen LogP contribution in [0.2, 0.25) is 5.02 Å². The molecule has 0 saturated carbocycles. The van der Waals surface area contributed by atoms with Crippen LogP contribution < -0.4 is 15.4 Å². The number of nitrogens with one attached hydrogen (secondary N) is 2. The van der Waals surface area contributed by atoms with Gasteiger partial charge in [-0.1, -0.05) is 17.7 Å². The highest BCUT2D eigenvalue weighted by Crippen LogP contribution is 2.31. The smallest absolute Gasteiger partial charge is 0.320 e. The van der Waals surface area contributed by atoms with E-state index >= 15 is 0 Å². The van der Waals surface area contributed by atoms with Crippen molar-refractivity contribution in [3.05, 3.63) is 53.1 Å². The van der Waals surface area contributed by atoms with Crippen LogP contribution >= 0.6 is 11.6 Å². The van der Waals surface area contributed by atoms with Gasteiger partial charge in [-0.2, -0.15) is 0 Å². The number of aliphatic carboxylic acids is 1. The molecule has 1 atom stereocenters. The first-order valence-corrected chi connectivity index (χ1v) is 8.77. The number of methoxy groups -OCH3 is 1. The molecule has 0 aliphatic heterocycles. The van der Waals surface area contributed by atoms with Crippen LogP contribution in [0.3, 0.4) is 0 Å². The van der Waals surface area contributed by atoms with E-state index in [4.69, 9.17) is 21.4 Å². The van der Waals surface area contributed by atoms with Gasteiger partial charge in [-0.15, -0.1) is 0 Å². The van der Waals surface area contributed by atoms with Gasteiger partial charge in [0.25, 0.3) is 0 Å². The largest absolute Gasteiger partial charge is 0.496 e. The maximum atomic E-state index is 14.2. The van der Waals surface area contributed by atoms with Crippen molar-refractivity contribution in [1.82, 2.24) is 15.3 Å². The molecule has 0 radical (unpaired) electrons. The summed E-state index contributed by atoms with van der Waals surface area (Å²) in [4.78, 5) is 19.5. The predicted octanol–water partition coefficient (Wildman–Crippen LogP) is 3.74. The molecule has 146 valence electrons. The van der Waals surface area contributed by atoms with E-state index in [0.29, 0.717) is 28.0 Å². The number of hydrogen-bond donors (Lipinski definition) is 3. The Labute approximate surface area is 165 Å². The van der Waals surface area contributed by atoms with Crippen molar-refractivity contribution in [3.63, 3.8) is 0 Å². The fourth-order valence-corrected chi connectivity index (χ4v) is 2.81. The monoisotopic (exact) mass is 404 g/mol. The van der Waals surface area contributed by atoms with Crippen LogP contribution in [0.15, 0.2) is 36.7 Å². The summed E-state index contributed by atoms with van der Waals surface area (Å²) >= 11 is 5.84. The highest BCUT2D eigenvalue weighted by atomic mass is 35.5. The number of rotatable bonds is 7. The summed E-state index contributed by atoms with van der Waals surface area (Å²) in [6.45, 7) is 1.81. The van der Waals surface area contributed by atoms with Gasteiger partial charge in [0.15, 0.2) is 5.82 Å². The van der Waals surface area contributed by atoms with Crippen molar-refractivity contribution in [2.24, 2.45) is 0 Å². The number of carboxylic acid groups (broad SMARTS) is 1. The van der Waals surface area contributed by atoms with E-state index < -0.39 is 17.8 Å². The topological polar surface area (TPSA) is 96.4 Å². The molecule has 0 fully saturated rings. The number of carboxylic acids is 1. The molecule has 0 unspecified atom stereocenters. The fourth-order valence-electron chi connectivity index (χ4n) is 2.63. The van der Waals surface area contributed by atoms with Crippen molar-refractivity contribution in [2.75, 3.05) is 12.4 Å². The SMILES string of the molecule is COc1cc2ncnc(Nc3cccc(Cl)c3F)c2cc1CN[C@@H](C)C(=O)O. The Kier molecular flexibility index (Phi) is 5.91. The Morgan fingerprint density at radius 1 is 1.36 bits per heavy atom. The van der Waals surface area contributed by atoms with Gasteiger partial charge >= 0.3 is 5.97 Å². The van der Waals surface area contributed by atoms with Crippen LogP contribution in [0, 0.1) is 5.82 Å².